The van der Waals surface area contributed by atoms with E-state index in [0.717, 1.165) is 0 Å². The maximum atomic E-state index is 2.47. The first-order valence-electron chi connectivity index (χ1n) is 11.5. The average molecular weight is 466 g/mol. The number of nitrogens with zero attached hydrogens (tertiary/aromatic N) is 1. The second-order valence-corrected chi connectivity index (χ2v) is 10.9. The number of rotatable bonds is 1. The fourth-order valence-corrected chi connectivity index (χ4v) is 7.60. The lowest BCUT2D eigenvalue weighted by Crippen LogP contribution is -2.34. The summed E-state index contributed by atoms with van der Waals surface area (Å²) in [5.41, 5.74) is 6.37. The highest BCUT2D eigenvalue weighted by atomic mass is 32.2. The van der Waals surface area contributed by atoms with Gasteiger partial charge in [0.25, 0.3) is 0 Å². The topological polar surface area (TPSA) is 4.93 Å². The van der Waals surface area contributed by atoms with E-state index in [9.17, 15) is 0 Å². The Labute approximate surface area is 205 Å². The van der Waals surface area contributed by atoms with Crippen molar-refractivity contribution >= 4 is 83.3 Å². The third kappa shape index (κ3) is 2.53. The number of thiophene rings is 1. The summed E-state index contributed by atoms with van der Waals surface area (Å²) in [6.45, 7) is 0. The van der Waals surface area contributed by atoms with Gasteiger partial charge in [-0.05, 0) is 47.9 Å². The molecule has 1 aliphatic heterocycles. The van der Waals surface area contributed by atoms with E-state index in [0.29, 0.717) is 0 Å². The van der Waals surface area contributed by atoms with Gasteiger partial charge in [-0.2, -0.15) is 0 Å². The van der Waals surface area contributed by atoms with Crippen molar-refractivity contribution in [2.24, 2.45) is 0 Å². The number of hydrogen-bond acceptors (Lipinski definition) is 2. The van der Waals surface area contributed by atoms with Crippen LogP contribution in [-0.4, -0.2) is 11.8 Å². The van der Waals surface area contributed by atoms with Crippen LogP contribution in [-0.2, 0) is 0 Å². The summed E-state index contributed by atoms with van der Waals surface area (Å²) in [4.78, 5) is 2.64. The fourth-order valence-electron chi connectivity index (χ4n) is 5.46. The Morgan fingerprint density at radius 2 is 1.41 bits per heavy atom. The van der Waals surface area contributed by atoms with Crippen LogP contribution in [0.3, 0.4) is 0 Å². The molecule has 0 atom stereocenters. The van der Waals surface area contributed by atoms with Crippen molar-refractivity contribution in [3.63, 3.8) is 0 Å². The second-order valence-electron chi connectivity index (χ2n) is 8.76. The molecule has 0 fully saturated rings. The van der Waals surface area contributed by atoms with Crippen LogP contribution in [0.1, 0.15) is 0 Å². The third-order valence-corrected chi connectivity index (χ3v) is 9.19. The lowest BCUT2D eigenvalue weighted by Gasteiger charge is -2.20. The molecule has 0 aliphatic carbocycles. The minimum Gasteiger partial charge on any atom is -0.310 e. The zero-order valence-electron chi connectivity index (χ0n) is 18.2. The number of aromatic nitrogens is 1. The van der Waals surface area contributed by atoms with Gasteiger partial charge < -0.3 is 4.57 Å². The zero-order valence-corrected chi connectivity index (χ0v) is 19.8. The predicted molar refractivity (Wildman–Crippen MR) is 149 cm³/mol. The molecule has 8 rings (SSSR count). The first kappa shape index (κ1) is 18.9. The molecule has 1 nitrogen and oxygen atoms in total. The highest BCUT2D eigenvalue weighted by Gasteiger charge is 2.25. The van der Waals surface area contributed by atoms with Gasteiger partial charge in [-0.15, -0.1) is 11.3 Å². The number of benzene rings is 5. The predicted octanol–water partition coefficient (Wildman–Crippen LogP) is 7.27. The summed E-state index contributed by atoms with van der Waals surface area (Å²) in [5, 5.41) is 5.40. The molecule has 4 heteroatoms. The molecule has 0 saturated carbocycles. The van der Waals surface area contributed by atoms with E-state index >= 15 is 0 Å². The number of fused-ring (bicyclic) bond motifs is 10. The van der Waals surface area contributed by atoms with E-state index in [2.05, 4.69) is 115 Å². The molecule has 2 aromatic heterocycles. The maximum Gasteiger partial charge on any atom is 0.197 e. The third-order valence-electron chi connectivity index (χ3n) is 6.89. The summed E-state index contributed by atoms with van der Waals surface area (Å²) >= 11 is 3.76. The van der Waals surface area contributed by atoms with Gasteiger partial charge in [-0.25, -0.2) is 0 Å². The zero-order chi connectivity index (χ0) is 22.2. The lowest BCUT2D eigenvalue weighted by molar-refractivity contribution is 1.18. The van der Waals surface area contributed by atoms with E-state index in [4.69, 9.17) is 0 Å². The summed E-state index contributed by atoms with van der Waals surface area (Å²) in [6.07, 6.45) is 0. The number of hydrogen-bond donors (Lipinski definition) is 0. The van der Waals surface area contributed by atoms with Crippen LogP contribution >= 0.6 is 23.1 Å². The van der Waals surface area contributed by atoms with Crippen LogP contribution in [0.4, 0.5) is 0 Å². The maximum absolute atomic E-state index is 2.47. The van der Waals surface area contributed by atoms with Gasteiger partial charge >= 0.3 is 0 Å². The van der Waals surface area contributed by atoms with Crippen LogP contribution in [0.25, 0.3) is 47.7 Å². The Hall–Kier alpha value is -3.47. The Morgan fingerprint density at radius 3 is 2.35 bits per heavy atom. The highest BCUT2D eigenvalue weighted by Crippen LogP contribution is 2.44. The Morgan fingerprint density at radius 1 is 0.588 bits per heavy atom. The summed E-state index contributed by atoms with van der Waals surface area (Å²) in [6, 6.07) is 37.6. The van der Waals surface area contributed by atoms with E-state index in [1.54, 1.807) is 0 Å². The molecule has 1 radical (unpaired) electrons. The molecule has 7 aromatic rings. The summed E-state index contributed by atoms with van der Waals surface area (Å²) in [7, 11) is 2.38. The molecule has 3 heterocycles. The molecular weight excluding hydrogens is 449 g/mol. The van der Waals surface area contributed by atoms with Crippen molar-refractivity contribution in [2.75, 3.05) is 0 Å². The molecule has 1 aliphatic rings. The second kappa shape index (κ2) is 7.02. The van der Waals surface area contributed by atoms with E-state index < -0.39 is 0 Å². The van der Waals surface area contributed by atoms with E-state index in [1.807, 2.05) is 23.1 Å². The van der Waals surface area contributed by atoms with Gasteiger partial charge in [0.05, 0.1) is 5.52 Å². The monoisotopic (exact) mass is 466 g/mol. The lowest BCUT2D eigenvalue weighted by atomic mass is 9.63. The van der Waals surface area contributed by atoms with Crippen molar-refractivity contribution < 1.29 is 0 Å². The molecule has 34 heavy (non-hydrogen) atoms. The molecular formula is C30H17BNS2. The minimum absolute atomic E-state index is 1.20. The van der Waals surface area contributed by atoms with Gasteiger partial charge in [-0.1, -0.05) is 77.9 Å². The number of para-hydroxylation sites is 1. The standard InChI is InChI=1S/C30H17BNS2/c1-2-8-18(9-3-1)32-22-15-17-25-28(19-10-4-6-12-23(19)33-25)27(22)20-14-16-26-29(30(20)32)31-21-11-5-7-13-24(21)34-26/h1-17H. The Kier molecular flexibility index (Phi) is 3.90. The molecule has 0 unspecified atom stereocenters. The minimum atomic E-state index is 1.20. The Bertz CT molecular complexity index is 1910. The first-order valence-corrected chi connectivity index (χ1v) is 13.1. The van der Waals surface area contributed by atoms with Gasteiger partial charge in [0, 0.05) is 51.9 Å². The Balaban J connectivity index is 1.59. The van der Waals surface area contributed by atoms with Gasteiger partial charge in [-0.3, -0.25) is 0 Å². The van der Waals surface area contributed by atoms with E-state index in [-0.39, 0.29) is 0 Å². The van der Waals surface area contributed by atoms with Crippen LogP contribution in [0.5, 0.6) is 0 Å². The molecule has 0 amide bonds. The van der Waals surface area contributed by atoms with E-state index in [1.165, 1.54) is 68.4 Å². The highest BCUT2D eigenvalue weighted by molar-refractivity contribution is 8.00. The van der Waals surface area contributed by atoms with Crippen molar-refractivity contribution in [1.82, 2.24) is 4.57 Å². The smallest absolute Gasteiger partial charge is 0.197 e. The molecule has 0 saturated heterocycles. The molecule has 0 bridgehead atoms. The molecule has 5 aromatic carbocycles. The van der Waals surface area contributed by atoms with Gasteiger partial charge in [0.1, 0.15) is 0 Å². The largest absolute Gasteiger partial charge is 0.310 e. The summed E-state index contributed by atoms with van der Waals surface area (Å²) in [5.74, 6) is 0. The molecule has 157 valence electrons. The van der Waals surface area contributed by atoms with Gasteiger partial charge in [0.15, 0.2) is 7.28 Å². The van der Waals surface area contributed by atoms with Crippen molar-refractivity contribution in [3.05, 3.63) is 103 Å². The van der Waals surface area contributed by atoms with Crippen LogP contribution in [0, 0.1) is 0 Å². The normalized spacial score (nSPS) is 12.8. The van der Waals surface area contributed by atoms with Crippen LogP contribution in [0.2, 0.25) is 0 Å². The average Bonchev–Trinajstić information content (AvgIpc) is 3.43. The molecule has 0 N–H and O–H groups in total. The van der Waals surface area contributed by atoms with Crippen molar-refractivity contribution in [2.45, 2.75) is 9.79 Å². The van der Waals surface area contributed by atoms with Crippen molar-refractivity contribution in [1.29, 1.82) is 0 Å². The van der Waals surface area contributed by atoms with Gasteiger partial charge in [0.2, 0.25) is 0 Å². The first-order chi connectivity index (χ1) is 16.9. The van der Waals surface area contributed by atoms with Crippen LogP contribution in [0.15, 0.2) is 113 Å². The SMILES string of the molecule is [B]1c2ccccc2Sc2ccc3c4c5c(ccc4n(-c4ccccc4)c3c21)sc1ccccc15. The molecule has 0 spiro atoms. The fraction of sp³-hybridized carbons (Fsp3) is 0. The van der Waals surface area contributed by atoms with Crippen LogP contribution < -0.4 is 10.9 Å². The van der Waals surface area contributed by atoms with Crippen molar-refractivity contribution in [3.8, 4) is 5.69 Å². The summed E-state index contributed by atoms with van der Waals surface area (Å²) < 4.78 is 5.17. The quantitative estimate of drug-likeness (QED) is 0.230.